The summed E-state index contributed by atoms with van der Waals surface area (Å²) in [6.45, 7) is 5.28. The molecule has 1 aromatic heterocycles. The minimum Gasteiger partial charge on any atom is -0.337 e. The Morgan fingerprint density at radius 1 is 1.12 bits per heavy atom. The molecule has 0 aliphatic carbocycles. The van der Waals surface area contributed by atoms with Gasteiger partial charge in [0.15, 0.2) is 0 Å². The second-order valence-electron chi connectivity index (χ2n) is 5.78. The maximum absolute atomic E-state index is 13.2. The highest BCUT2D eigenvalue weighted by Crippen LogP contribution is 2.19. The van der Waals surface area contributed by atoms with Crippen LogP contribution in [0.3, 0.4) is 0 Å². The van der Waals surface area contributed by atoms with Gasteiger partial charge in [0.25, 0.3) is 11.8 Å². The molecule has 0 fully saturated rings. The number of hydrogen-bond acceptors (Lipinski definition) is 3. The summed E-state index contributed by atoms with van der Waals surface area (Å²) in [6, 6.07) is 8.60. The van der Waals surface area contributed by atoms with E-state index >= 15 is 0 Å². The zero-order valence-electron chi connectivity index (χ0n) is 14.8. The number of pyridine rings is 1. The van der Waals surface area contributed by atoms with E-state index in [1.165, 1.54) is 24.3 Å². The van der Waals surface area contributed by atoms with Crippen molar-refractivity contribution in [3.05, 3.63) is 58.6 Å². The number of carbonyl (C=O) groups excluding carboxylic acids is 2. The van der Waals surface area contributed by atoms with Gasteiger partial charge in [0.05, 0.1) is 5.02 Å². The van der Waals surface area contributed by atoms with Crippen LogP contribution >= 0.6 is 11.6 Å². The Morgan fingerprint density at radius 2 is 1.77 bits per heavy atom. The fourth-order valence-corrected chi connectivity index (χ4v) is 2.65. The normalized spacial score (nSPS) is 10.5. The lowest BCUT2D eigenvalue weighted by molar-refractivity contribution is 0.0749. The van der Waals surface area contributed by atoms with Crippen LogP contribution < -0.4 is 5.32 Å². The van der Waals surface area contributed by atoms with Crippen LogP contribution in [0, 0.1) is 5.82 Å². The van der Waals surface area contributed by atoms with E-state index in [1.54, 1.807) is 17.0 Å². The quantitative estimate of drug-likeness (QED) is 0.778. The zero-order valence-corrected chi connectivity index (χ0v) is 15.5. The third-order valence-electron chi connectivity index (χ3n) is 3.65. The average Bonchev–Trinajstić information content (AvgIpc) is 2.64. The number of hydrogen-bond donors (Lipinski definition) is 1. The third-order valence-corrected chi connectivity index (χ3v) is 3.94. The van der Waals surface area contributed by atoms with Crippen molar-refractivity contribution in [2.24, 2.45) is 0 Å². The van der Waals surface area contributed by atoms with Crippen LogP contribution in [0.4, 0.5) is 10.1 Å². The SMILES string of the molecule is CCCN(CCC)C(=O)c1cccc(C(=O)Nc2ccc(F)c(Cl)c2)n1. The van der Waals surface area contributed by atoms with E-state index in [4.69, 9.17) is 11.6 Å². The molecule has 0 atom stereocenters. The van der Waals surface area contributed by atoms with E-state index < -0.39 is 11.7 Å². The van der Waals surface area contributed by atoms with Crippen molar-refractivity contribution in [3.8, 4) is 0 Å². The number of amides is 2. The average molecular weight is 378 g/mol. The molecule has 2 amide bonds. The third kappa shape index (κ3) is 5.02. The second-order valence-corrected chi connectivity index (χ2v) is 6.19. The van der Waals surface area contributed by atoms with Gasteiger partial charge in [0.2, 0.25) is 0 Å². The first-order valence-electron chi connectivity index (χ1n) is 8.49. The highest BCUT2D eigenvalue weighted by molar-refractivity contribution is 6.31. The molecule has 0 bridgehead atoms. The van der Waals surface area contributed by atoms with Crippen LogP contribution in [0.25, 0.3) is 0 Å². The lowest BCUT2D eigenvalue weighted by atomic mass is 10.2. The van der Waals surface area contributed by atoms with E-state index in [0.717, 1.165) is 12.8 Å². The molecule has 0 radical (unpaired) electrons. The van der Waals surface area contributed by atoms with Crippen LogP contribution in [0.15, 0.2) is 36.4 Å². The summed E-state index contributed by atoms with van der Waals surface area (Å²) >= 11 is 5.71. The molecule has 1 heterocycles. The number of rotatable bonds is 7. The fourth-order valence-electron chi connectivity index (χ4n) is 2.47. The van der Waals surface area contributed by atoms with Crippen molar-refractivity contribution in [1.29, 1.82) is 0 Å². The van der Waals surface area contributed by atoms with Crippen molar-refractivity contribution >= 4 is 29.1 Å². The lowest BCUT2D eigenvalue weighted by Crippen LogP contribution is -2.33. The summed E-state index contributed by atoms with van der Waals surface area (Å²) < 4.78 is 13.2. The molecule has 26 heavy (non-hydrogen) atoms. The first-order valence-corrected chi connectivity index (χ1v) is 8.86. The number of anilines is 1. The van der Waals surface area contributed by atoms with Crippen molar-refractivity contribution in [1.82, 2.24) is 9.88 Å². The lowest BCUT2D eigenvalue weighted by Gasteiger charge is -2.21. The topological polar surface area (TPSA) is 62.3 Å². The van der Waals surface area contributed by atoms with E-state index in [0.29, 0.717) is 18.8 Å². The monoisotopic (exact) mass is 377 g/mol. The Bertz CT molecular complexity index is 792. The smallest absolute Gasteiger partial charge is 0.274 e. The van der Waals surface area contributed by atoms with Crippen molar-refractivity contribution in [2.45, 2.75) is 26.7 Å². The van der Waals surface area contributed by atoms with Gasteiger partial charge in [-0.2, -0.15) is 0 Å². The van der Waals surface area contributed by atoms with E-state index in [1.807, 2.05) is 13.8 Å². The number of nitrogens with zero attached hydrogens (tertiary/aromatic N) is 2. The first-order chi connectivity index (χ1) is 12.5. The molecule has 7 heteroatoms. The van der Waals surface area contributed by atoms with Gasteiger partial charge in [-0.25, -0.2) is 9.37 Å². The van der Waals surface area contributed by atoms with Crippen LogP contribution in [-0.4, -0.2) is 34.8 Å². The zero-order chi connectivity index (χ0) is 19.1. The Labute approximate surface area is 157 Å². The predicted molar refractivity (Wildman–Crippen MR) is 100 cm³/mol. The molecule has 0 saturated carbocycles. The van der Waals surface area contributed by atoms with Crippen molar-refractivity contribution in [3.63, 3.8) is 0 Å². The fraction of sp³-hybridized carbons (Fsp3) is 0.316. The first kappa shape index (κ1) is 19.8. The van der Waals surface area contributed by atoms with Gasteiger partial charge < -0.3 is 10.2 Å². The molecule has 1 N–H and O–H groups in total. The number of benzene rings is 1. The van der Waals surface area contributed by atoms with Gasteiger partial charge in [-0.3, -0.25) is 9.59 Å². The Kier molecular flexibility index (Phi) is 7.09. The second kappa shape index (κ2) is 9.29. The van der Waals surface area contributed by atoms with Crippen molar-refractivity contribution < 1.29 is 14.0 Å². The summed E-state index contributed by atoms with van der Waals surface area (Å²) in [5.41, 5.74) is 0.666. The van der Waals surface area contributed by atoms with Gasteiger partial charge in [-0.05, 0) is 43.2 Å². The molecule has 5 nitrogen and oxygen atoms in total. The number of carbonyl (C=O) groups is 2. The summed E-state index contributed by atoms with van der Waals surface area (Å²) in [4.78, 5) is 30.9. The summed E-state index contributed by atoms with van der Waals surface area (Å²) in [6.07, 6.45) is 1.69. The minimum absolute atomic E-state index is 0.0885. The molecular weight excluding hydrogens is 357 g/mol. The van der Waals surface area contributed by atoms with Crippen LogP contribution in [-0.2, 0) is 0 Å². The molecule has 0 aliphatic heterocycles. The minimum atomic E-state index is -0.567. The van der Waals surface area contributed by atoms with E-state index in [9.17, 15) is 14.0 Å². The van der Waals surface area contributed by atoms with Crippen LogP contribution in [0.1, 0.15) is 47.7 Å². The summed E-state index contributed by atoms with van der Waals surface area (Å²) in [5.74, 6) is -1.27. The Balaban J connectivity index is 2.17. The molecule has 2 rings (SSSR count). The van der Waals surface area contributed by atoms with Crippen molar-refractivity contribution in [2.75, 3.05) is 18.4 Å². The molecular formula is C19H21ClFN3O2. The molecule has 138 valence electrons. The van der Waals surface area contributed by atoms with Gasteiger partial charge in [-0.1, -0.05) is 31.5 Å². The summed E-state index contributed by atoms with van der Waals surface area (Å²) in [5, 5.41) is 2.51. The highest BCUT2D eigenvalue weighted by Gasteiger charge is 2.18. The summed E-state index contributed by atoms with van der Waals surface area (Å²) in [7, 11) is 0. The predicted octanol–water partition coefficient (Wildman–Crippen LogP) is 4.39. The number of nitrogens with one attached hydrogen (secondary N) is 1. The van der Waals surface area contributed by atoms with Gasteiger partial charge in [0, 0.05) is 18.8 Å². The van der Waals surface area contributed by atoms with Crippen LogP contribution in [0.2, 0.25) is 5.02 Å². The largest absolute Gasteiger partial charge is 0.337 e. The Morgan fingerprint density at radius 3 is 2.38 bits per heavy atom. The molecule has 0 aliphatic rings. The molecule has 2 aromatic rings. The van der Waals surface area contributed by atoms with E-state index in [-0.39, 0.29) is 22.3 Å². The Hall–Kier alpha value is -2.47. The maximum Gasteiger partial charge on any atom is 0.274 e. The maximum atomic E-state index is 13.2. The molecule has 0 spiro atoms. The molecule has 1 aromatic carbocycles. The number of halogens is 2. The van der Waals surface area contributed by atoms with Crippen LogP contribution in [0.5, 0.6) is 0 Å². The van der Waals surface area contributed by atoms with E-state index in [2.05, 4.69) is 10.3 Å². The van der Waals surface area contributed by atoms with Gasteiger partial charge >= 0.3 is 0 Å². The standard InChI is InChI=1S/C19H21ClFN3O2/c1-3-10-24(11-4-2)19(26)17-7-5-6-16(23-17)18(25)22-13-8-9-15(21)14(20)12-13/h5-9,12H,3-4,10-11H2,1-2H3,(H,22,25). The van der Waals surface area contributed by atoms with Gasteiger partial charge in [-0.15, -0.1) is 0 Å². The molecule has 0 unspecified atom stereocenters. The molecule has 0 saturated heterocycles. The highest BCUT2D eigenvalue weighted by atomic mass is 35.5. The number of aromatic nitrogens is 1. The van der Waals surface area contributed by atoms with Gasteiger partial charge in [0.1, 0.15) is 17.2 Å².